The SMILES string of the molecule is [2H]C1([2H])N(CC[C@H](CSc2ccccc2)Nc2ccc(S(=O)(=O)NC(=O)c3ccc(N4C([2H])([2H])C([2H])([2H])N(CC5=C(c6ccc(Cl)cc6F)CCC6(CC6)C5)C([2H])([2H])C4([2H])[2H])cc3)cc2S(=O)(=O)C(F)(F)F)C([2H])([2H])C([2H])([2H])N(C(=O)CCCCCCC(=O)N[C@H](C(=O)N2C[C@H](O)C[C@H]2C(=O)N[C@@H](C)c2ccc(-c3scnc3C)cc2)C(C)(C)C)C1([2H])[2H]. The number of nitrogens with one attached hydrogen (secondary N) is 4. The Hall–Kier alpha value is -7.44. The molecule has 20 nitrogen and oxygen atoms in total. The van der Waals surface area contributed by atoms with E-state index in [0.29, 0.717) is 45.9 Å². The van der Waals surface area contributed by atoms with Gasteiger partial charge in [-0.3, -0.25) is 33.8 Å². The number of aromatic nitrogens is 1. The molecule has 6 aromatic rings. The predicted octanol–water partition coefficient (Wildman–Crippen LogP) is 12.7. The van der Waals surface area contributed by atoms with E-state index in [1.807, 2.05) is 31.2 Å². The number of alkyl halides is 3. The van der Waals surface area contributed by atoms with E-state index in [9.17, 15) is 70.1 Å². The van der Waals surface area contributed by atoms with E-state index < -0.39 is 201 Å². The number of unbranched alkanes of at least 4 members (excludes halogenated alkanes) is 3. The normalized spacial score (nSPS) is 24.9. The lowest BCUT2D eigenvalue weighted by Crippen LogP contribution is -2.57. The lowest BCUT2D eigenvalue weighted by atomic mass is 9.78. The molecule has 107 heavy (non-hydrogen) atoms. The fourth-order valence-corrected chi connectivity index (χ4v) is 17.0. The molecule has 4 fully saturated rings. The summed E-state index contributed by atoms with van der Waals surface area (Å²) >= 11 is 8.53. The summed E-state index contributed by atoms with van der Waals surface area (Å²) in [6, 6.07) is 20.0. The largest absolute Gasteiger partial charge is 0.501 e. The molecular formula is C78H95ClF4N10O10S4. The van der Waals surface area contributed by atoms with Crippen LogP contribution in [0.4, 0.5) is 28.9 Å². The highest BCUT2D eigenvalue weighted by molar-refractivity contribution is 7.99. The summed E-state index contributed by atoms with van der Waals surface area (Å²) in [4.78, 5) is 74.4. The quantitative estimate of drug-likeness (QED) is 0.0166. The van der Waals surface area contributed by atoms with Gasteiger partial charge >= 0.3 is 5.51 Å². The maximum Gasteiger partial charge on any atom is 0.501 e. The molecule has 5 aromatic carbocycles. The Morgan fingerprint density at radius 3 is 2.14 bits per heavy atom. The number of sulfonamides is 1. The van der Waals surface area contributed by atoms with Gasteiger partial charge in [0, 0.05) is 140 Å². The monoisotopic (exact) mass is 1590 g/mol. The van der Waals surface area contributed by atoms with Crippen molar-refractivity contribution in [2.75, 3.05) is 87.6 Å². The first-order valence-electron chi connectivity index (χ1n) is 42.9. The lowest BCUT2D eigenvalue weighted by Gasteiger charge is -2.38. The summed E-state index contributed by atoms with van der Waals surface area (Å²) in [5.41, 5.74) is -4.22. The average molecular weight is 1590 g/mol. The molecule has 1 aromatic heterocycles. The number of aliphatic hydroxyl groups is 1. The Morgan fingerprint density at radius 2 is 1.50 bits per heavy atom. The number of hydrogen-bond acceptors (Lipinski definition) is 17. The number of thioether (sulfide) groups is 1. The van der Waals surface area contributed by atoms with Gasteiger partial charge in [0.25, 0.3) is 25.8 Å². The predicted molar refractivity (Wildman–Crippen MR) is 410 cm³/mol. The third kappa shape index (κ3) is 20.5. The van der Waals surface area contributed by atoms with E-state index in [0.717, 1.165) is 76.6 Å². The van der Waals surface area contributed by atoms with E-state index in [1.54, 1.807) is 68.3 Å². The number of likely N-dealkylation sites (tertiary alicyclic amines) is 1. The first-order valence-corrected chi connectivity index (χ1v) is 40.1. The maximum atomic E-state index is 15.5. The number of anilines is 2. The molecule has 0 unspecified atom stereocenters. The molecule has 29 heteroatoms. The molecular weight excluding hydrogens is 1480 g/mol. The molecule has 4 heterocycles. The van der Waals surface area contributed by atoms with Crippen molar-refractivity contribution in [1.29, 1.82) is 0 Å². The topological polar surface area (TPSA) is 251 Å². The number of sulfone groups is 1. The van der Waals surface area contributed by atoms with Gasteiger partial charge in [0.1, 0.15) is 22.8 Å². The van der Waals surface area contributed by atoms with Crippen LogP contribution in [0.5, 0.6) is 0 Å². The fourth-order valence-electron chi connectivity index (χ4n) is 13.0. The summed E-state index contributed by atoms with van der Waals surface area (Å²) in [6.45, 7) is -21.5. The van der Waals surface area contributed by atoms with Crippen molar-refractivity contribution in [3.8, 4) is 10.4 Å². The van der Waals surface area contributed by atoms with Crippen molar-refractivity contribution in [1.82, 2.24) is 39.9 Å². The van der Waals surface area contributed by atoms with Crippen LogP contribution in [0.2, 0.25) is 5.02 Å². The Labute approximate surface area is 660 Å². The van der Waals surface area contributed by atoms with Crippen LogP contribution in [0, 0.1) is 23.6 Å². The van der Waals surface area contributed by atoms with Crippen LogP contribution in [0.3, 0.4) is 0 Å². The summed E-state index contributed by atoms with van der Waals surface area (Å²) in [7, 11) is -12.1. The molecule has 1 spiro atoms. The molecule has 5 atom stereocenters. The van der Waals surface area contributed by atoms with Gasteiger partial charge in [0.15, 0.2) is 0 Å². The van der Waals surface area contributed by atoms with Gasteiger partial charge in [-0.2, -0.15) is 13.2 Å². The number of aliphatic hydroxyl groups excluding tert-OH is 1. The minimum absolute atomic E-state index is 0.0532. The van der Waals surface area contributed by atoms with E-state index in [2.05, 4.69) is 20.9 Å². The number of thiazole rings is 1. The van der Waals surface area contributed by atoms with E-state index in [-0.39, 0.29) is 94.0 Å². The number of aryl methyl sites for hydroxylation is 1. The number of β-amino-alcohol motifs (C(OH)–C–C–N with tert-alkyl or cyclic N) is 1. The smallest absolute Gasteiger partial charge is 0.391 e. The zero-order chi connectivity index (χ0) is 90.9. The minimum atomic E-state index is -6.63. The third-order valence-electron chi connectivity index (χ3n) is 19.3. The van der Waals surface area contributed by atoms with Crippen LogP contribution >= 0.6 is 34.7 Å². The van der Waals surface area contributed by atoms with E-state index in [1.165, 1.54) is 28.4 Å². The fraction of sp³-hybridized carbons (Fsp3) is 0.487. The number of halogens is 5. The zero-order valence-electron chi connectivity index (χ0n) is 75.3. The maximum absolute atomic E-state index is 15.5. The Bertz CT molecular complexity index is 5200. The van der Waals surface area contributed by atoms with Gasteiger partial charge in [0.05, 0.1) is 49.8 Å². The van der Waals surface area contributed by atoms with Crippen molar-refractivity contribution in [3.05, 3.63) is 160 Å². The van der Waals surface area contributed by atoms with Gasteiger partial charge in [-0.15, -0.1) is 23.1 Å². The van der Waals surface area contributed by atoms with Crippen LogP contribution in [0.25, 0.3) is 16.0 Å². The van der Waals surface area contributed by atoms with Crippen molar-refractivity contribution in [2.24, 2.45) is 10.8 Å². The molecule has 2 aliphatic carbocycles. The number of benzene rings is 5. The van der Waals surface area contributed by atoms with Crippen molar-refractivity contribution >= 4 is 101 Å². The summed E-state index contributed by atoms with van der Waals surface area (Å²) in [5, 5.41) is 19.2. The summed E-state index contributed by atoms with van der Waals surface area (Å²) in [5.74, 6) is -5.59. The second-order valence-corrected chi connectivity index (χ2v) is 34.2. The van der Waals surface area contributed by atoms with Crippen molar-refractivity contribution < 1.29 is 85.4 Å². The van der Waals surface area contributed by atoms with Crippen LogP contribution in [0.15, 0.2) is 141 Å². The summed E-state index contributed by atoms with van der Waals surface area (Å²) in [6.07, 6.45) is 0.614. The number of amides is 5. The van der Waals surface area contributed by atoms with Gasteiger partial charge in [-0.25, -0.2) is 30.9 Å². The highest BCUT2D eigenvalue weighted by Crippen LogP contribution is 2.59. The highest BCUT2D eigenvalue weighted by Gasteiger charge is 2.50. The Morgan fingerprint density at radius 1 is 0.813 bits per heavy atom. The van der Waals surface area contributed by atoms with Crippen molar-refractivity contribution in [2.45, 2.75) is 169 Å². The first kappa shape index (κ1) is 61.3. The van der Waals surface area contributed by atoms with Gasteiger partial charge < -0.3 is 35.8 Å². The number of rotatable bonds is 29. The number of nitrogens with zero attached hydrogens (tertiary/aromatic N) is 6. The van der Waals surface area contributed by atoms with E-state index in [4.69, 9.17) is 22.6 Å². The van der Waals surface area contributed by atoms with Crippen LogP contribution < -0.4 is 25.6 Å². The average Bonchev–Trinajstić information content (AvgIpc) is 1.05. The molecule has 0 radical (unpaired) electrons. The number of piperazine rings is 2. The molecule has 1 saturated carbocycles. The molecule has 5 amide bonds. The molecule has 5 aliphatic rings. The molecule has 0 bridgehead atoms. The van der Waals surface area contributed by atoms with E-state index >= 15 is 4.39 Å². The number of carbonyl (C=O) groups excluding carboxylic acids is 5. The molecule has 5 N–H and O–H groups in total. The molecule has 3 saturated heterocycles. The molecule has 3 aliphatic heterocycles. The summed E-state index contributed by atoms with van der Waals surface area (Å²) < 4.78 is 264. The number of hydrogen-bond donors (Lipinski definition) is 5. The highest BCUT2D eigenvalue weighted by atomic mass is 35.5. The number of carbonyl (C=O) groups is 5. The Kier molecular flexibility index (Phi) is 19.9. The Balaban J connectivity index is 0.734. The molecule has 576 valence electrons. The third-order valence-corrected chi connectivity index (χ3v) is 24.5. The van der Waals surface area contributed by atoms with Gasteiger partial charge in [-0.1, -0.05) is 99.3 Å². The minimum Gasteiger partial charge on any atom is -0.391 e. The van der Waals surface area contributed by atoms with Crippen molar-refractivity contribution in [3.63, 3.8) is 0 Å². The lowest BCUT2D eigenvalue weighted by molar-refractivity contribution is -0.144. The van der Waals surface area contributed by atoms with Gasteiger partial charge in [0.2, 0.25) is 23.6 Å². The van der Waals surface area contributed by atoms with Gasteiger partial charge in [-0.05, 0) is 159 Å². The standard InChI is InChI=1S/C78H95ClF4N10O10S4/c1-51(53-17-19-54(20-18-53)71-52(2)84-50-105-71)85-74(98)67-44-60(94)48-93(67)75(99)72(76(3,4)5)87-69(95)15-11-6-7-12-16-70(96)92-41-35-89(36-42-92)34-30-58(49-104-61-13-9-8-10-14-61)86-66-28-26-62(45-68(66)106(100,101)78(81,82)83)107(102,103)88-73(97)55-21-24-59(25-22-55)91-39-37-90(38-40-91)47-56-46-77(32-33-77)31-29-63(56)64-27-23-57(79)43-65(64)80/h8-10,13-14,17-28,43,45,50-51,58,60,67,72,86,94H,6-7,11-12,15-16,29-42,44,46-49H2,1-5H3,(H,85,98)(H,87,95)(H,88,97)/t51-,58+,60+,67-,72+/m0/s1/i35D2,36D2,37D2,38D2,39D2,40D2,41D2,42D2. The molecule has 11 rings (SSSR count). The first-order chi connectivity index (χ1) is 56.9. The zero-order valence-corrected chi connectivity index (χ0v) is 63.3. The second kappa shape index (κ2) is 34.6. The van der Waals surface area contributed by atoms with Crippen LogP contribution in [0.1, 0.15) is 166 Å². The number of allylic oxidation sites excluding steroid dienone is 1. The second-order valence-electron chi connectivity index (χ2n) is 28.2. The van der Waals surface area contributed by atoms with Crippen LogP contribution in [-0.2, 0) is 39.0 Å². The van der Waals surface area contributed by atoms with Crippen LogP contribution in [-0.4, -0.2) is 183 Å².